The number of Topliss-reactive ketones (excluding diaryl/α,β-unsaturated/α-hetero) is 1. The number of hydrogen-bond acceptors (Lipinski definition) is 5. The molecular formula is C22H26N4O2. The number of morpholine rings is 1. The third kappa shape index (κ3) is 3.98. The van der Waals surface area contributed by atoms with Crippen molar-refractivity contribution in [1.29, 1.82) is 0 Å². The Balaban J connectivity index is 1.51. The zero-order valence-electron chi connectivity index (χ0n) is 16.7. The Labute approximate surface area is 165 Å². The van der Waals surface area contributed by atoms with E-state index in [2.05, 4.69) is 44.7 Å². The molecule has 28 heavy (non-hydrogen) atoms. The van der Waals surface area contributed by atoms with Gasteiger partial charge in [-0.05, 0) is 31.5 Å². The highest BCUT2D eigenvalue weighted by Gasteiger charge is 2.21. The van der Waals surface area contributed by atoms with E-state index in [0.29, 0.717) is 19.4 Å². The van der Waals surface area contributed by atoms with E-state index in [0.717, 1.165) is 46.6 Å². The van der Waals surface area contributed by atoms with Crippen LogP contribution < -0.4 is 0 Å². The van der Waals surface area contributed by atoms with Crippen LogP contribution >= 0.6 is 0 Å². The van der Waals surface area contributed by atoms with Gasteiger partial charge in [-0.15, -0.1) is 0 Å². The molecule has 1 fully saturated rings. The predicted molar refractivity (Wildman–Crippen MR) is 109 cm³/mol. The second-order valence-corrected chi connectivity index (χ2v) is 7.66. The van der Waals surface area contributed by atoms with Crippen LogP contribution in [0.2, 0.25) is 0 Å². The molecule has 3 aromatic rings. The Hall–Kier alpha value is -2.57. The van der Waals surface area contributed by atoms with Crippen molar-refractivity contribution in [3.05, 3.63) is 48.2 Å². The lowest BCUT2D eigenvalue weighted by molar-refractivity contribution is -0.123. The van der Waals surface area contributed by atoms with Crippen molar-refractivity contribution in [1.82, 2.24) is 19.4 Å². The van der Waals surface area contributed by atoms with Gasteiger partial charge in [0.15, 0.2) is 0 Å². The van der Waals surface area contributed by atoms with Crippen molar-refractivity contribution in [3.63, 3.8) is 0 Å². The Bertz CT molecular complexity index is 1010. The summed E-state index contributed by atoms with van der Waals surface area (Å²) in [5, 5.41) is 2.15. The number of aromatic nitrogens is 3. The highest BCUT2D eigenvalue weighted by atomic mass is 16.5. The summed E-state index contributed by atoms with van der Waals surface area (Å²) in [4.78, 5) is 23.6. The number of pyridine rings is 1. The van der Waals surface area contributed by atoms with Gasteiger partial charge in [0.05, 0.1) is 24.6 Å². The molecular weight excluding hydrogens is 352 g/mol. The van der Waals surface area contributed by atoms with Gasteiger partial charge >= 0.3 is 0 Å². The van der Waals surface area contributed by atoms with E-state index in [-0.39, 0.29) is 11.9 Å². The number of aryl methyl sites for hydroxylation is 1. The summed E-state index contributed by atoms with van der Waals surface area (Å²) in [6, 6.07) is 8.31. The first-order valence-electron chi connectivity index (χ1n) is 9.69. The Morgan fingerprint density at radius 1 is 1.18 bits per heavy atom. The number of hydrogen-bond donors (Lipinski definition) is 0. The molecule has 3 heterocycles. The van der Waals surface area contributed by atoms with E-state index in [4.69, 9.17) is 4.74 Å². The minimum absolute atomic E-state index is 0.00797. The Morgan fingerprint density at radius 3 is 2.79 bits per heavy atom. The molecule has 146 valence electrons. The average molecular weight is 378 g/mol. The van der Waals surface area contributed by atoms with E-state index >= 15 is 0 Å². The normalized spacial score (nSPS) is 17.9. The molecule has 0 saturated carbocycles. The van der Waals surface area contributed by atoms with Crippen molar-refractivity contribution < 1.29 is 9.53 Å². The van der Waals surface area contributed by atoms with Gasteiger partial charge in [0, 0.05) is 55.8 Å². The SMILES string of the molecule is Cc1ncc(-c2ccc3cnc(CC(=O)CC4CN(C)CCO4)cc3c2)n1C. The molecule has 1 aromatic carbocycles. The van der Waals surface area contributed by atoms with Gasteiger partial charge in [0.2, 0.25) is 0 Å². The van der Waals surface area contributed by atoms with Crippen LogP contribution in [-0.4, -0.2) is 58.1 Å². The second-order valence-electron chi connectivity index (χ2n) is 7.66. The molecule has 1 atom stereocenters. The number of rotatable bonds is 5. The second kappa shape index (κ2) is 7.81. The first-order chi connectivity index (χ1) is 13.5. The van der Waals surface area contributed by atoms with Gasteiger partial charge in [0.25, 0.3) is 0 Å². The Kier molecular flexibility index (Phi) is 5.24. The van der Waals surface area contributed by atoms with Gasteiger partial charge in [-0.3, -0.25) is 9.78 Å². The number of carbonyl (C=O) groups excluding carboxylic acids is 1. The van der Waals surface area contributed by atoms with Gasteiger partial charge in [0.1, 0.15) is 11.6 Å². The molecule has 6 nitrogen and oxygen atoms in total. The summed E-state index contributed by atoms with van der Waals surface area (Å²) < 4.78 is 7.79. The van der Waals surface area contributed by atoms with Crippen molar-refractivity contribution in [3.8, 4) is 11.3 Å². The monoisotopic (exact) mass is 378 g/mol. The molecule has 0 amide bonds. The lowest BCUT2D eigenvalue weighted by Crippen LogP contribution is -2.41. The molecule has 0 spiro atoms. The zero-order chi connectivity index (χ0) is 19.7. The lowest BCUT2D eigenvalue weighted by Gasteiger charge is -2.29. The number of nitrogens with zero attached hydrogens (tertiary/aromatic N) is 4. The van der Waals surface area contributed by atoms with Crippen molar-refractivity contribution in [2.24, 2.45) is 7.05 Å². The van der Waals surface area contributed by atoms with Crippen LogP contribution in [0.1, 0.15) is 17.9 Å². The molecule has 6 heteroatoms. The quantitative estimate of drug-likeness (QED) is 0.683. The minimum Gasteiger partial charge on any atom is -0.375 e. The standard InChI is InChI=1S/C22H26N4O2/c1-15-23-13-22(26(15)3)16-4-5-17-12-24-19(9-18(17)8-16)10-20(27)11-21-14-25(2)6-7-28-21/h4-5,8-9,12-13,21H,6-7,10-11,14H2,1-3H3. The fourth-order valence-corrected chi connectivity index (χ4v) is 3.73. The van der Waals surface area contributed by atoms with E-state index in [1.165, 1.54) is 0 Å². The smallest absolute Gasteiger partial charge is 0.141 e. The van der Waals surface area contributed by atoms with Gasteiger partial charge in [-0.1, -0.05) is 12.1 Å². The fourth-order valence-electron chi connectivity index (χ4n) is 3.73. The molecule has 1 aliphatic heterocycles. The number of carbonyl (C=O) groups is 1. The van der Waals surface area contributed by atoms with Crippen molar-refractivity contribution in [2.45, 2.75) is 25.9 Å². The molecule has 0 N–H and O–H groups in total. The predicted octanol–water partition coefficient (Wildman–Crippen LogP) is 2.78. The molecule has 1 aliphatic rings. The number of likely N-dealkylation sites (N-methyl/N-ethyl adjacent to an activating group) is 1. The third-order valence-electron chi connectivity index (χ3n) is 5.47. The van der Waals surface area contributed by atoms with E-state index < -0.39 is 0 Å². The number of ketones is 1. The maximum absolute atomic E-state index is 12.5. The summed E-state index contributed by atoms with van der Waals surface area (Å²) in [5.74, 6) is 1.15. The van der Waals surface area contributed by atoms with E-state index in [1.807, 2.05) is 32.4 Å². The average Bonchev–Trinajstić information content (AvgIpc) is 3.00. The van der Waals surface area contributed by atoms with E-state index in [9.17, 15) is 4.79 Å². The molecule has 0 radical (unpaired) electrons. The molecule has 4 rings (SSSR count). The van der Waals surface area contributed by atoms with Crippen LogP contribution in [0.15, 0.2) is 36.7 Å². The largest absolute Gasteiger partial charge is 0.375 e. The zero-order valence-corrected chi connectivity index (χ0v) is 16.7. The summed E-state index contributed by atoms with van der Waals surface area (Å²) in [6.45, 7) is 4.42. The summed E-state index contributed by atoms with van der Waals surface area (Å²) in [6.07, 6.45) is 4.52. The van der Waals surface area contributed by atoms with Gasteiger partial charge in [-0.2, -0.15) is 0 Å². The van der Waals surface area contributed by atoms with Gasteiger partial charge in [-0.25, -0.2) is 4.98 Å². The number of benzene rings is 1. The van der Waals surface area contributed by atoms with Crippen LogP contribution in [0.5, 0.6) is 0 Å². The molecule has 0 bridgehead atoms. The maximum atomic E-state index is 12.5. The van der Waals surface area contributed by atoms with Crippen LogP contribution in [0.3, 0.4) is 0 Å². The number of ether oxygens (including phenoxy) is 1. The lowest BCUT2D eigenvalue weighted by atomic mass is 10.0. The Morgan fingerprint density at radius 2 is 2.04 bits per heavy atom. The van der Waals surface area contributed by atoms with E-state index in [1.54, 1.807) is 0 Å². The molecule has 1 saturated heterocycles. The van der Waals surface area contributed by atoms with Crippen LogP contribution in [0.4, 0.5) is 0 Å². The molecule has 2 aromatic heterocycles. The summed E-state index contributed by atoms with van der Waals surface area (Å²) in [5.41, 5.74) is 2.99. The molecule has 1 unspecified atom stereocenters. The highest BCUT2D eigenvalue weighted by molar-refractivity contribution is 5.88. The summed E-state index contributed by atoms with van der Waals surface area (Å²) >= 11 is 0. The summed E-state index contributed by atoms with van der Waals surface area (Å²) in [7, 11) is 4.08. The topological polar surface area (TPSA) is 60.3 Å². The number of imidazole rings is 1. The van der Waals surface area contributed by atoms with Crippen LogP contribution in [0, 0.1) is 6.92 Å². The first-order valence-corrected chi connectivity index (χ1v) is 9.69. The third-order valence-corrected chi connectivity index (χ3v) is 5.47. The van der Waals surface area contributed by atoms with Crippen molar-refractivity contribution >= 4 is 16.6 Å². The van der Waals surface area contributed by atoms with Crippen LogP contribution in [-0.2, 0) is 23.0 Å². The van der Waals surface area contributed by atoms with Crippen molar-refractivity contribution in [2.75, 3.05) is 26.7 Å². The maximum Gasteiger partial charge on any atom is 0.141 e. The van der Waals surface area contributed by atoms with Crippen LogP contribution in [0.25, 0.3) is 22.0 Å². The molecule has 0 aliphatic carbocycles. The van der Waals surface area contributed by atoms with Gasteiger partial charge < -0.3 is 14.2 Å². The number of fused-ring (bicyclic) bond motifs is 1. The minimum atomic E-state index is -0.00797. The first kappa shape index (κ1) is 18.8. The fraction of sp³-hybridized carbons (Fsp3) is 0.409. The highest BCUT2D eigenvalue weighted by Crippen LogP contribution is 2.25.